The Bertz CT molecular complexity index is 625. The molecule has 17 heavy (non-hydrogen) atoms. The van der Waals surface area contributed by atoms with Gasteiger partial charge in [0.25, 0.3) is 0 Å². The topological polar surface area (TPSA) is 107 Å². The second kappa shape index (κ2) is 5.01. The summed E-state index contributed by atoms with van der Waals surface area (Å²) in [6.45, 7) is 1.64. The van der Waals surface area contributed by atoms with Gasteiger partial charge < -0.3 is 0 Å². The van der Waals surface area contributed by atoms with E-state index in [2.05, 4.69) is 20.9 Å². The van der Waals surface area contributed by atoms with Crippen LogP contribution in [0.2, 0.25) is 0 Å². The molecule has 0 fully saturated rings. The van der Waals surface area contributed by atoms with E-state index in [1.807, 2.05) is 0 Å². The number of aryl methyl sites for hydroxylation is 1. The van der Waals surface area contributed by atoms with E-state index in [1.165, 1.54) is 6.07 Å². The number of hydrogen-bond acceptors (Lipinski definition) is 5. The Kier molecular flexibility index (Phi) is 4.28. The van der Waals surface area contributed by atoms with Crippen LogP contribution in [0.5, 0.6) is 0 Å². The normalized spacial score (nSPS) is 12.6. The molecular weight excluding hydrogens is 332 g/mol. The number of primary sulfonamides is 1. The van der Waals surface area contributed by atoms with Gasteiger partial charge in [0.15, 0.2) is 14.9 Å². The molecule has 0 aliphatic carbocycles. The van der Waals surface area contributed by atoms with Crippen LogP contribution in [0.4, 0.5) is 0 Å². The second-order valence-corrected chi connectivity index (χ2v) is 8.05. The standard InChI is InChI=1S/C8H11BrN2O4S2/c1-6-7(9)2-3-8(11-6)16(12,13)4-5-17(10,14)15/h2-3H,4-5H2,1H3,(H2,10,14,15). The van der Waals surface area contributed by atoms with Gasteiger partial charge in [-0.05, 0) is 35.0 Å². The van der Waals surface area contributed by atoms with E-state index >= 15 is 0 Å². The van der Waals surface area contributed by atoms with Crippen molar-refractivity contribution < 1.29 is 16.8 Å². The number of pyridine rings is 1. The summed E-state index contributed by atoms with van der Waals surface area (Å²) in [5.74, 6) is -1.19. The minimum atomic E-state index is -3.80. The molecule has 0 radical (unpaired) electrons. The molecule has 0 saturated carbocycles. The lowest BCUT2D eigenvalue weighted by Gasteiger charge is -2.04. The number of nitrogens with two attached hydrogens (primary N) is 1. The third kappa shape index (κ3) is 4.34. The van der Waals surface area contributed by atoms with E-state index in [1.54, 1.807) is 13.0 Å². The van der Waals surface area contributed by atoms with Crippen molar-refractivity contribution in [2.45, 2.75) is 11.9 Å². The summed E-state index contributed by atoms with van der Waals surface area (Å²) >= 11 is 3.19. The van der Waals surface area contributed by atoms with Crippen LogP contribution in [0.3, 0.4) is 0 Å². The van der Waals surface area contributed by atoms with Crippen LogP contribution in [0.25, 0.3) is 0 Å². The van der Waals surface area contributed by atoms with Gasteiger partial charge in [-0.1, -0.05) is 0 Å². The average molecular weight is 343 g/mol. The van der Waals surface area contributed by atoms with Crippen LogP contribution in [0, 0.1) is 6.92 Å². The molecule has 6 nitrogen and oxygen atoms in total. The summed E-state index contributed by atoms with van der Waals surface area (Å²) in [5.41, 5.74) is 0.515. The zero-order valence-corrected chi connectivity index (χ0v) is 12.1. The Hall–Kier alpha value is -0.510. The molecule has 0 amide bonds. The predicted molar refractivity (Wildman–Crippen MR) is 66.7 cm³/mol. The summed E-state index contributed by atoms with van der Waals surface area (Å²) in [6.07, 6.45) is 0. The highest BCUT2D eigenvalue weighted by Crippen LogP contribution is 2.17. The molecule has 0 aromatic carbocycles. The van der Waals surface area contributed by atoms with E-state index in [9.17, 15) is 16.8 Å². The first kappa shape index (κ1) is 14.6. The molecule has 1 aromatic heterocycles. The number of sulfone groups is 1. The van der Waals surface area contributed by atoms with E-state index in [4.69, 9.17) is 5.14 Å². The molecule has 9 heteroatoms. The Morgan fingerprint density at radius 3 is 2.29 bits per heavy atom. The maximum atomic E-state index is 11.7. The Labute approximate surface area is 108 Å². The zero-order valence-electron chi connectivity index (χ0n) is 8.92. The molecule has 1 aromatic rings. The lowest BCUT2D eigenvalue weighted by molar-refractivity contribution is 0.586. The largest absolute Gasteiger partial charge is 0.240 e. The SMILES string of the molecule is Cc1nc(S(=O)(=O)CCS(N)(=O)=O)ccc1Br. The Balaban J connectivity index is 3.02. The molecule has 2 N–H and O–H groups in total. The van der Waals surface area contributed by atoms with Crippen molar-refractivity contribution in [2.24, 2.45) is 5.14 Å². The summed E-state index contributed by atoms with van der Waals surface area (Å²) < 4.78 is 45.6. The molecule has 1 rings (SSSR count). The fraction of sp³-hybridized carbons (Fsp3) is 0.375. The molecule has 0 aliphatic rings. The maximum absolute atomic E-state index is 11.7. The summed E-state index contributed by atoms with van der Waals surface area (Å²) in [6, 6.07) is 2.86. The minimum absolute atomic E-state index is 0.151. The van der Waals surface area contributed by atoms with E-state index in [0.29, 0.717) is 10.2 Å². The van der Waals surface area contributed by atoms with Gasteiger partial charge in [-0.3, -0.25) is 0 Å². The van der Waals surface area contributed by atoms with Gasteiger partial charge in [0.05, 0.1) is 17.2 Å². The molecule has 0 aliphatic heterocycles. The third-order valence-corrected chi connectivity index (χ3v) is 5.43. The number of sulfonamides is 1. The third-order valence-electron chi connectivity index (χ3n) is 1.95. The molecule has 0 saturated heterocycles. The van der Waals surface area contributed by atoms with Gasteiger partial charge in [-0.15, -0.1) is 0 Å². The quantitative estimate of drug-likeness (QED) is 0.841. The van der Waals surface area contributed by atoms with Crippen LogP contribution in [-0.4, -0.2) is 33.3 Å². The van der Waals surface area contributed by atoms with E-state index < -0.39 is 31.4 Å². The van der Waals surface area contributed by atoms with Crippen molar-refractivity contribution in [3.8, 4) is 0 Å². The van der Waals surface area contributed by atoms with Gasteiger partial charge in [0.2, 0.25) is 10.0 Å². The molecule has 0 unspecified atom stereocenters. The van der Waals surface area contributed by atoms with Crippen LogP contribution >= 0.6 is 15.9 Å². The van der Waals surface area contributed by atoms with Gasteiger partial charge in [-0.2, -0.15) is 0 Å². The number of hydrogen-bond donors (Lipinski definition) is 1. The molecule has 96 valence electrons. The highest BCUT2D eigenvalue weighted by atomic mass is 79.9. The first-order valence-electron chi connectivity index (χ1n) is 4.48. The van der Waals surface area contributed by atoms with Crippen molar-refractivity contribution in [1.29, 1.82) is 0 Å². The van der Waals surface area contributed by atoms with Crippen molar-refractivity contribution >= 4 is 35.8 Å². The number of nitrogens with zero attached hydrogens (tertiary/aromatic N) is 1. The van der Waals surface area contributed by atoms with Crippen molar-refractivity contribution in [3.63, 3.8) is 0 Å². The maximum Gasteiger partial charge on any atom is 0.210 e. The first-order chi connectivity index (χ1) is 7.62. The Morgan fingerprint density at radius 2 is 1.82 bits per heavy atom. The number of aromatic nitrogens is 1. The molecule has 1 heterocycles. The average Bonchev–Trinajstić information content (AvgIpc) is 2.18. The Morgan fingerprint density at radius 1 is 1.24 bits per heavy atom. The van der Waals surface area contributed by atoms with Crippen LogP contribution < -0.4 is 5.14 Å². The van der Waals surface area contributed by atoms with Gasteiger partial charge in [0.1, 0.15) is 0 Å². The number of rotatable bonds is 4. The molecule has 0 atom stereocenters. The van der Waals surface area contributed by atoms with Gasteiger partial charge >= 0.3 is 0 Å². The molecular formula is C8H11BrN2O4S2. The predicted octanol–water partition coefficient (Wildman–Crippen LogP) is 0.215. The summed E-state index contributed by atoms with van der Waals surface area (Å²) in [5, 5.41) is 4.60. The molecule has 0 spiro atoms. The molecule has 0 bridgehead atoms. The number of halogens is 1. The lowest BCUT2D eigenvalue weighted by Crippen LogP contribution is -2.23. The smallest absolute Gasteiger partial charge is 0.210 e. The second-order valence-electron chi connectivity index (χ2n) is 3.40. The minimum Gasteiger partial charge on any atom is -0.240 e. The van der Waals surface area contributed by atoms with E-state index in [0.717, 1.165) is 0 Å². The fourth-order valence-corrected chi connectivity index (χ4v) is 3.81. The highest BCUT2D eigenvalue weighted by Gasteiger charge is 2.19. The first-order valence-corrected chi connectivity index (χ1v) is 8.64. The van der Waals surface area contributed by atoms with Gasteiger partial charge in [-0.25, -0.2) is 27.0 Å². The monoisotopic (exact) mass is 342 g/mol. The van der Waals surface area contributed by atoms with Crippen LogP contribution in [0.1, 0.15) is 5.69 Å². The summed E-state index contributed by atoms with van der Waals surface area (Å²) in [4.78, 5) is 3.87. The zero-order chi connectivity index (χ0) is 13.3. The van der Waals surface area contributed by atoms with E-state index in [-0.39, 0.29) is 5.03 Å². The highest BCUT2D eigenvalue weighted by molar-refractivity contribution is 9.10. The van der Waals surface area contributed by atoms with Crippen LogP contribution in [0.15, 0.2) is 21.6 Å². The van der Waals surface area contributed by atoms with Gasteiger partial charge in [0, 0.05) is 4.47 Å². The van der Waals surface area contributed by atoms with Crippen molar-refractivity contribution in [3.05, 3.63) is 22.3 Å². The van der Waals surface area contributed by atoms with Crippen molar-refractivity contribution in [2.75, 3.05) is 11.5 Å². The lowest BCUT2D eigenvalue weighted by atomic mass is 10.4. The van der Waals surface area contributed by atoms with Crippen LogP contribution in [-0.2, 0) is 19.9 Å². The van der Waals surface area contributed by atoms with Crippen molar-refractivity contribution in [1.82, 2.24) is 4.98 Å². The summed E-state index contributed by atoms with van der Waals surface area (Å²) in [7, 11) is -7.52. The fourth-order valence-electron chi connectivity index (χ4n) is 1.02.